The molecule has 140 valence electrons. The third-order valence-electron chi connectivity index (χ3n) is 5.30. The molecule has 26 heavy (non-hydrogen) atoms. The first-order chi connectivity index (χ1) is 12.7. The standard InChI is InChI=1S/C21H28N2O3/c1-23(18-13-17(25-2)9-10-19(18)26-3)21-16(11-12-24)14-22-20(21)15-7-5-4-6-8-15/h4-10,13,16,20-22,24H,11-12,14H2,1-3H3. The van der Waals surface area contributed by atoms with Gasteiger partial charge >= 0.3 is 0 Å². The van der Waals surface area contributed by atoms with Crippen molar-refractivity contribution in [1.29, 1.82) is 0 Å². The minimum absolute atomic E-state index is 0.188. The number of rotatable bonds is 7. The fraction of sp³-hybridized carbons (Fsp3) is 0.429. The molecule has 0 radical (unpaired) electrons. The molecule has 0 amide bonds. The van der Waals surface area contributed by atoms with E-state index in [1.807, 2.05) is 24.3 Å². The van der Waals surface area contributed by atoms with Crippen molar-refractivity contribution < 1.29 is 14.6 Å². The Kier molecular flexibility index (Phi) is 6.01. The molecule has 1 saturated heterocycles. The molecule has 3 rings (SSSR count). The summed E-state index contributed by atoms with van der Waals surface area (Å²) >= 11 is 0. The maximum absolute atomic E-state index is 9.55. The van der Waals surface area contributed by atoms with Crippen molar-refractivity contribution in [3.05, 3.63) is 54.1 Å². The molecule has 0 aromatic heterocycles. The molecular formula is C21H28N2O3. The molecule has 0 aliphatic carbocycles. The van der Waals surface area contributed by atoms with Crippen molar-refractivity contribution in [3.63, 3.8) is 0 Å². The zero-order valence-electron chi connectivity index (χ0n) is 15.7. The number of hydrogen-bond acceptors (Lipinski definition) is 5. The summed E-state index contributed by atoms with van der Waals surface area (Å²) in [5, 5.41) is 13.2. The van der Waals surface area contributed by atoms with Crippen LogP contribution in [0.15, 0.2) is 48.5 Å². The smallest absolute Gasteiger partial charge is 0.142 e. The highest BCUT2D eigenvalue weighted by Gasteiger charge is 2.39. The number of anilines is 1. The van der Waals surface area contributed by atoms with E-state index in [2.05, 4.69) is 41.5 Å². The van der Waals surface area contributed by atoms with Crippen molar-refractivity contribution in [2.45, 2.75) is 18.5 Å². The second-order valence-corrected chi connectivity index (χ2v) is 6.71. The van der Waals surface area contributed by atoms with Crippen molar-refractivity contribution in [1.82, 2.24) is 5.32 Å². The molecule has 5 heteroatoms. The molecule has 0 bridgehead atoms. The van der Waals surface area contributed by atoms with E-state index in [1.165, 1.54) is 5.56 Å². The molecule has 2 N–H and O–H groups in total. The predicted octanol–water partition coefficient (Wildman–Crippen LogP) is 2.85. The first-order valence-electron chi connectivity index (χ1n) is 9.03. The molecule has 1 heterocycles. The lowest BCUT2D eigenvalue weighted by Crippen LogP contribution is -2.40. The second kappa shape index (κ2) is 8.43. The van der Waals surface area contributed by atoms with Crippen LogP contribution in [-0.2, 0) is 0 Å². The zero-order chi connectivity index (χ0) is 18.5. The molecule has 0 saturated carbocycles. The number of methoxy groups -OCH3 is 2. The Morgan fingerprint density at radius 1 is 1.12 bits per heavy atom. The first-order valence-corrected chi connectivity index (χ1v) is 9.03. The summed E-state index contributed by atoms with van der Waals surface area (Å²) in [6.07, 6.45) is 0.762. The summed E-state index contributed by atoms with van der Waals surface area (Å²) < 4.78 is 11.0. The molecule has 1 fully saturated rings. The summed E-state index contributed by atoms with van der Waals surface area (Å²) in [6, 6.07) is 16.7. The Morgan fingerprint density at radius 2 is 1.88 bits per heavy atom. The average Bonchev–Trinajstić information content (AvgIpc) is 3.11. The van der Waals surface area contributed by atoms with Gasteiger partial charge in [0.1, 0.15) is 11.5 Å². The number of nitrogens with one attached hydrogen (secondary N) is 1. The number of aliphatic hydroxyl groups is 1. The van der Waals surface area contributed by atoms with Gasteiger partial charge in [-0.3, -0.25) is 0 Å². The summed E-state index contributed by atoms with van der Waals surface area (Å²) in [5.41, 5.74) is 2.25. The van der Waals surface area contributed by atoms with Crippen molar-refractivity contribution in [3.8, 4) is 11.5 Å². The van der Waals surface area contributed by atoms with Gasteiger partial charge < -0.3 is 24.8 Å². The van der Waals surface area contributed by atoms with Gasteiger partial charge in [-0.1, -0.05) is 30.3 Å². The van der Waals surface area contributed by atoms with Crippen LogP contribution in [0.3, 0.4) is 0 Å². The number of hydrogen-bond donors (Lipinski definition) is 2. The van der Waals surface area contributed by atoms with E-state index in [1.54, 1.807) is 14.2 Å². The summed E-state index contributed by atoms with van der Waals surface area (Å²) in [6.45, 7) is 1.06. The maximum atomic E-state index is 9.55. The lowest BCUT2D eigenvalue weighted by molar-refractivity contribution is 0.252. The van der Waals surface area contributed by atoms with Crippen molar-refractivity contribution in [2.24, 2.45) is 5.92 Å². The first kappa shape index (κ1) is 18.5. The highest BCUT2D eigenvalue weighted by molar-refractivity contribution is 5.62. The van der Waals surface area contributed by atoms with E-state index in [4.69, 9.17) is 9.47 Å². The van der Waals surface area contributed by atoms with Gasteiger partial charge in [-0.25, -0.2) is 0 Å². The van der Waals surface area contributed by atoms with Gasteiger partial charge in [-0.2, -0.15) is 0 Å². The minimum atomic E-state index is 0.188. The normalized spacial score (nSPS) is 22.2. The quantitative estimate of drug-likeness (QED) is 0.799. The van der Waals surface area contributed by atoms with Gasteiger partial charge in [0.25, 0.3) is 0 Å². The molecule has 5 nitrogen and oxygen atoms in total. The van der Waals surface area contributed by atoms with Gasteiger partial charge in [0.05, 0.1) is 32.0 Å². The van der Waals surface area contributed by atoms with Gasteiger partial charge in [0, 0.05) is 26.3 Å². The number of benzene rings is 2. The molecule has 3 unspecified atom stereocenters. The van der Waals surface area contributed by atoms with Crippen molar-refractivity contribution in [2.75, 3.05) is 39.3 Å². The SMILES string of the molecule is COc1ccc(OC)c(N(C)C2C(CCO)CNC2c2ccccc2)c1. The summed E-state index contributed by atoms with van der Waals surface area (Å²) in [5.74, 6) is 1.95. The van der Waals surface area contributed by atoms with Crippen LogP contribution in [0.5, 0.6) is 11.5 Å². The lowest BCUT2D eigenvalue weighted by atomic mass is 9.90. The van der Waals surface area contributed by atoms with Gasteiger partial charge in [0.15, 0.2) is 0 Å². The third-order valence-corrected chi connectivity index (χ3v) is 5.30. The van der Waals surface area contributed by atoms with E-state index >= 15 is 0 Å². The molecule has 1 aliphatic heterocycles. The average molecular weight is 356 g/mol. The molecule has 2 aromatic carbocycles. The second-order valence-electron chi connectivity index (χ2n) is 6.71. The van der Waals surface area contributed by atoms with E-state index in [-0.39, 0.29) is 18.7 Å². The Labute approximate surface area is 155 Å². The topological polar surface area (TPSA) is 54.0 Å². The Hall–Kier alpha value is -2.24. The number of likely N-dealkylation sites (N-methyl/N-ethyl adjacent to an activating group) is 1. The summed E-state index contributed by atoms with van der Waals surface area (Å²) in [4.78, 5) is 2.26. The van der Waals surface area contributed by atoms with E-state index in [9.17, 15) is 5.11 Å². The highest BCUT2D eigenvalue weighted by atomic mass is 16.5. The van der Waals surface area contributed by atoms with E-state index in [0.717, 1.165) is 30.2 Å². The Balaban J connectivity index is 1.98. The highest BCUT2D eigenvalue weighted by Crippen LogP contribution is 2.39. The van der Waals surface area contributed by atoms with Crippen LogP contribution < -0.4 is 19.7 Å². The molecule has 0 spiro atoms. The van der Waals surface area contributed by atoms with E-state index in [0.29, 0.717) is 5.92 Å². The zero-order valence-corrected chi connectivity index (χ0v) is 15.7. The number of nitrogens with zero attached hydrogens (tertiary/aromatic N) is 1. The monoisotopic (exact) mass is 356 g/mol. The van der Waals surface area contributed by atoms with Gasteiger partial charge in [-0.05, 0) is 30.0 Å². The van der Waals surface area contributed by atoms with Crippen LogP contribution in [0, 0.1) is 5.92 Å². The van der Waals surface area contributed by atoms with E-state index < -0.39 is 0 Å². The Bertz CT molecular complexity index is 708. The third kappa shape index (κ3) is 3.64. The molecule has 1 aliphatic rings. The lowest BCUT2D eigenvalue weighted by Gasteiger charge is -2.36. The maximum Gasteiger partial charge on any atom is 0.142 e. The van der Waals surface area contributed by atoms with Gasteiger partial charge in [-0.15, -0.1) is 0 Å². The van der Waals surface area contributed by atoms with Crippen LogP contribution >= 0.6 is 0 Å². The fourth-order valence-electron chi connectivity index (χ4n) is 3.98. The number of ether oxygens (including phenoxy) is 2. The van der Waals surface area contributed by atoms with Crippen molar-refractivity contribution >= 4 is 5.69 Å². The van der Waals surface area contributed by atoms with Gasteiger partial charge in [0.2, 0.25) is 0 Å². The minimum Gasteiger partial charge on any atom is -0.497 e. The van der Waals surface area contributed by atoms with Crippen LogP contribution in [0.2, 0.25) is 0 Å². The van der Waals surface area contributed by atoms with Crippen LogP contribution in [0.1, 0.15) is 18.0 Å². The largest absolute Gasteiger partial charge is 0.497 e. The van der Waals surface area contributed by atoms with Crippen LogP contribution in [0.4, 0.5) is 5.69 Å². The molecule has 3 atom stereocenters. The fourth-order valence-corrected chi connectivity index (χ4v) is 3.98. The number of aliphatic hydroxyl groups excluding tert-OH is 1. The predicted molar refractivity (Wildman–Crippen MR) is 104 cm³/mol. The van der Waals surface area contributed by atoms with Crippen LogP contribution in [0.25, 0.3) is 0 Å². The van der Waals surface area contributed by atoms with Crippen LogP contribution in [-0.4, -0.2) is 45.6 Å². The summed E-state index contributed by atoms with van der Waals surface area (Å²) in [7, 11) is 5.45. The molecular weight excluding hydrogens is 328 g/mol. The molecule has 2 aromatic rings. The Morgan fingerprint density at radius 3 is 2.54 bits per heavy atom.